The van der Waals surface area contributed by atoms with E-state index >= 15 is 0 Å². The first-order valence-electron chi connectivity index (χ1n) is 9.76. The highest BCUT2D eigenvalue weighted by Gasteiger charge is 2.32. The maximum atomic E-state index is 12.4. The summed E-state index contributed by atoms with van der Waals surface area (Å²) in [5.41, 5.74) is 0.496. The zero-order valence-corrected chi connectivity index (χ0v) is 16.3. The van der Waals surface area contributed by atoms with E-state index in [1.807, 2.05) is 6.07 Å². The van der Waals surface area contributed by atoms with Gasteiger partial charge in [0.05, 0.1) is 17.7 Å². The van der Waals surface area contributed by atoms with E-state index in [4.69, 9.17) is 10.00 Å². The summed E-state index contributed by atoms with van der Waals surface area (Å²) >= 11 is 0. The van der Waals surface area contributed by atoms with E-state index in [-0.39, 0.29) is 17.4 Å². The fourth-order valence-corrected chi connectivity index (χ4v) is 3.02. The maximum absolute atomic E-state index is 12.4. The molecule has 6 nitrogen and oxygen atoms in total. The van der Waals surface area contributed by atoms with E-state index in [9.17, 15) is 14.4 Å². The highest BCUT2D eigenvalue weighted by atomic mass is 16.5. The molecule has 6 heteroatoms. The lowest BCUT2D eigenvalue weighted by Crippen LogP contribution is -2.32. The molecule has 0 radical (unpaired) electrons. The maximum Gasteiger partial charge on any atom is 0.296 e. The Morgan fingerprint density at radius 3 is 2.21 bits per heavy atom. The summed E-state index contributed by atoms with van der Waals surface area (Å²) in [5.74, 6) is -0.0919. The Morgan fingerprint density at radius 1 is 1.00 bits per heavy atom. The van der Waals surface area contributed by atoms with Crippen LogP contribution in [-0.4, -0.2) is 29.0 Å². The van der Waals surface area contributed by atoms with Crippen LogP contribution in [-0.2, 0) is 14.4 Å². The number of imide groups is 1. The predicted octanol–water partition coefficient (Wildman–Crippen LogP) is 3.90. The highest BCUT2D eigenvalue weighted by molar-refractivity contribution is 6.15. The molecule has 0 aromatic heterocycles. The highest BCUT2D eigenvalue weighted by Crippen LogP contribution is 2.20. The Labute approximate surface area is 165 Å². The SMILES string of the molecule is CC(=O)CCCCCCCCCN1C(=O)C=C(Oc2ccc(C#N)cc2)C1=O. The molecule has 28 heavy (non-hydrogen) atoms. The second kappa shape index (κ2) is 11.0. The molecule has 1 aliphatic rings. The van der Waals surface area contributed by atoms with Gasteiger partial charge in [-0.15, -0.1) is 0 Å². The number of nitrogens with zero attached hydrogens (tertiary/aromatic N) is 2. The molecule has 0 fully saturated rings. The van der Waals surface area contributed by atoms with Crippen molar-refractivity contribution in [3.05, 3.63) is 41.7 Å². The molecule has 2 amide bonds. The van der Waals surface area contributed by atoms with Gasteiger partial charge in [-0.25, -0.2) is 0 Å². The fourth-order valence-electron chi connectivity index (χ4n) is 3.02. The third-order valence-electron chi connectivity index (χ3n) is 4.60. The minimum absolute atomic E-state index is 0.0141. The van der Waals surface area contributed by atoms with Gasteiger partial charge in [0.25, 0.3) is 11.8 Å². The largest absolute Gasteiger partial charge is 0.451 e. The Balaban J connectivity index is 1.66. The van der Waals surface area contributed by atoms with Crippen LogP contribution in [0, 0.1) is 11.3 Å². The van der Waals surface area contributed by atoms with Gasteiger partial charge in [-0.05, 0) is 44.0 Å². The van der Waals surface area contributed by atoms with E-state index in [1.165, 1.54) is 11.0 Å². The monoisotopic (exact) mass is 382 g/mol. The zero-order valence-electron chi connectivity index (χ0n) is 16.3. The molecule has 0 N–H and O–H groups in total. The van der Waals surface area contributed by atoms with Crippen LogP contribution in [0.3, 0.4) is 0 Å². The van der Waals surface area contributed by atoms with E-state index < -0.39 is 5.91 Å². The minimum atomic E-state index is -0.418. The Bertz CT molecular complexity index is 775. The number of ether oxygens (including phenoxy) is 1. The Kier molecular flexibility index (Phi) is 8.41. The molecule has 0 atom stereocenters. The molecule has 0 saturated heterocycles. The molecule has 0 saturated carbocycles. The van der Waals surface area contributed by atoms with Crippen LogP contribution >= 0.6 is 0 Å². The molecule has 1 aromatic carbocycles. The standard InChI is InChI=1S/C22H26N2O4/c1-17(25)9-7-5-3-2-4-6-8-14-24-21(26)15-20(22(24)27)28-19-12-10-18(16-23)11-13-19/h10-13,15H,2-9,14H2,1H3. The lowest BCUT2D eigenvalue weighted by molar-refractivity contribution is -0.138. The van der Waals surface area contributed by atoms with Crippen LogP contribution in [0.5, 0.6) is 5.75 Å². The van der Waals surface area contributed by atoms with Crippen molar-refractivity contribution < 1.29 is 19.1 Å². The molecular weight excluding hydrogens is 356 g/mol. The van der Waals surface area contributed by atoms with Crippen molar-refractivity contribution in [2.45, 2.75) is 58.3 Å². The van der Waals surface area contributed by atoms with Gasteiger partial charge in [-0.3, -0.25) is 14.5 Å². The Morgan fingerprint density at radius 2 is 1.61 bits per heavy atom. The third kappa shape index (κ3) is 6.66. The first-order chi connectivity index (χ1) is 13.5. The molecule has 0 bridgehead atoms. The van der Waals surface area contributed by atoms with Gasteiger partial charge in [0.15, 0.2) is 5.76 Å². The first kappa shape index (κ1) is 21.4. The summed E-state index contributed by atoms with van der Waals surface area (Å²) in [4.78, 5) is 36.5. The van der Waals surface area contributed by atoms with Crippen molar-refractivity contribution in [3.8, 4) is 11.8 Å². The van der Waals surface area contributed by atoms with E-state index in [0.29, 0.717) is 24.3 Å². The molecule has 0 unspecified atom stereocenters. The number of benzene rings is 1. The number of hydrogen-bond acceptors (Lipinski definition) is 5. The number of carbonyl (C=O) groups is 3. The van der Waals surface area contributed by atoms with Gasteiger partial charge in [-0.1, -0.05) is 32.1 Å². The lowest BCUT2D eigenvalue weighted by atomic mass is 10.1. The molecule has 1 aromatic rings. The smallest absolute Gasteiger partial charge is 0.296 e. The molecule has 1 heterocycles. The number of carbonyl (C=O) groups excluding carboxylic acids is 3. The minimum Gasteiger partial charge on any atom is -0.451 e. The van der Waals surface area contributed by atoms with E-state index in [1.54, 1.807) is 31.2 Å². The van der Waals surface area contributed by atoms with Crippen molar-refractivity contribution in [2.24, 2.45) is 0 Å². The summed E-state index contributed by atoms with van der Waals surface area (Å²) < 4.78 is 5.50. The molecule has 1 aliphatic heterocycles. The van der Waals surface area contributed by atoms with Crippen LogP contribution < -0.4 is 4.74 Å². The number of amides is 2. The summed E-state index contributed by atoms with van der Waals surface area (Å²) in [6, 6.07) is 8.38. The predicted molar refractivity (Wildman–Crippen MR) is 104 cm³/mol. The fraction of sp³-hybridized carbons (Fsp3) is 0.455. The van der Waals surface area contributed by atoms with Gasteiger partial charge in [0, 0.05) is 13.0 Å². The summed E-state index contributed by atoms with van der Waals surface area (Å²) in [5, 5.41) is 8.80. The van der Waals surface area contributed by atoms with Gasteiger partial charge < -0.3 is 9.53 Å². The quantitative estimate of drug-likeness (QED) is 0.404. The van der Waals surface area contributed by atoms with Crippen molar-refractivity contribution >= 4 is 17.6 Å². The van der Waals surface area contributed by atoms with Crippen LogP contribution in [0.25, 0.3) is 0 Å². The molecule has 2 rings (SSSR count). The molecule has 0 spiro atoms. The number of Topliss-reactive ketones (excluding diaryl/α,β-unsaturated/α-hetero) is 1. The number of ketones is 1. The van der Waals surface area contributed by atoms with Gasteiger partial charge in [0.2, 0.25) is 0 Å². The number of unbranched alkanes of at least 4 members (excludes halogenated alkanes) is 6. The molecule has 148 valence electrons. The second-order valence-electron chi connectivity index (χ2n) is 6.97. The van der Waals surface area contributed by atoms with Crippen LogP contribution in [0.2, 0.25) is 0 Å². The summed E-state index contributed by atoms with van der Waals surface area (Å²) in [6.45, 7) is 2.01. The van der Waals surface area contributed by atoms with E-state index in [0.717, 1.165) is 44.9 Å². The number of nitriles is 1. The van der Waals surface area contributed by atoms with Gasteiger partial charge >= 0.3 is 0 Å². The van der Waals surface area contributed by atoms with Crippen molar-refractivity contribution in [3.63, 3.8) is 0 Å². The van der Waals surface area contributed by atoms with Crippen molar-refractivity contribution in [1.82, 2.24) is 4.90 Å². The number of rotatable bonds is 12. The average Bonchev–Trinajstić information content (AvgIpc) is 2.94. The first-order valence-corrected chi connectivity index (χ1v) is 9.76. The average molecular weight is 382 g/mol. The topological polar surface area (TPSA) is 87.5 Å². The Hall–Kier alpha value is -2.94. The zero-order chi connectivity index (χ0) is 20.4. The van der Waals surface area contributed by atoms with Crippen LogP contribution in [0.1, 0.15) is 63.9 Å². The van der Waals surface area contributed by atoms with Gasteiger partial charge in [0.1, 0.15) is 11.5 Å². The summed E-state index contributed by atoms with van der Waals surface area (Å²) in [7, 11) is 0. The number of hydrogen-bond donors (Lipinski definition) is 0. The van der Waals surface area contributed by atoms with Crippen LogP contribution in [0.15, 0.2) is 36.1 Å². The summed E-state index contributed by atoms with van der Waals surface area (Å²) in [6.07, 6.45) is 8.90. The van der Waals surface area contributed by atoms with Crippen molar-refractivity contribution in [2.75, 3.05) is 6.54 Å². The van der Waals surface area contributed by atoms with Gasteiger partial charge in [-0.2, -0.15) is 5.26 Å². The van der Waals surface area contributed by atoms with Crippen molar-refractivity contribution in [1.29, 1.82) is 5.26 Å². The normalized spacial score (nSPS) is 13.4. The third-order valence-corrected chi connectivity index (χ3v) is 4.60. The molecular formula is C22H26N2O4. The second-order valence-corrected chi connectivity index (χ2v) is 6.97. The molecule has 0 aliphatic carbocycles. The lowest BCUT2D eigenvalue weighted by Gasteiger charge is -2.14. The van der Waals surface area contributed by atoms with Crippen LogP contribution in [0.4, 0.5) is 0 Å². The van der Waals surface area contributed by atoms with E-state index in [2.05, 4.69) is 0 Å².